The lowest BCUT2D eigenvalue weighted by molar-refractivity contribution is 0.871. The quantitative estimate of drug-likeness (QED) is 0.486. The summed E-state index contributed by atoms with van der Waals surface area (Å²) in [5.74, 6) is 2.21. The number of rotatable bonds is 5. The Morgan fingerprint density at radius 2 is 1.92 bits per heavy atom. The van der Waals surface area contributed by atoms with Gasteiger partial charge in [0, 0.05) is 15.6 Å². The molecule has 0 unspecified atom stereocenters. The van der Waals surface area contributed by atoms with Gasteiger partial charge in [0.25, 0.3) is 0 Å². The van der Waals surface area contributed by atoms with E-state index in [9.17, 15) is 0 Å². The van der Waals surface area contributed by atoms with Crippen molar-refractivity contribution in [2.75, 3.05) is 5.32 Å². The third-order valence-corrected chi connectivity index (χ3v) is 5.01. The Kier molecular flexibility index (Phi) is 4.77. The molecule has 0 aliphatic heterocycles. The minimum absolute atomic E-state index is 0.676. The molecule has 0 fully saturated rings. The van der Waals surface area contributed by atoms with Crippen LogP contribution >= 0.6 is 23.4 Å². The van der Waals surface area contributed by atoms with E-state index in [4.69, 9.17) is 11.6 Å². The number of hydrogen-bond donors (Lipinski definition) is 1. The molecule has 130 valence electrons. The van der Waals surface area contributed by atoms with Gasteiger partial charge >= 0.3 is 0 Å². The van der Waals surface area contributed by atoms with Crippen LogP contribution in [0.1, 0.15) is 11.4 Å². The van der Waals surface area contributed by atoms with Crippen LogP contribution in [0.5, 0.6) is 0 Å². The van der Waals surface area contributed by atoms with E-state index in [2.05, 4.69) is 51.8 Å². The first-order valence-electron chi connectivity index (χ1n) is 8.11. The zero-order chi connectivity index (χ0) is 17.9. The van der Waals surface area contributed by atoms with Gasteiger partial charge in [-0.1, -0.05) is 35.4 Å². The van der Waals surface area contributed by atoms with Crippen molar-refractivity contribution in [1.29, 1.82) is 0 Å². The molecule has 0 saturated heterocycles. The van der Waals surface area contributed by atoms with Crippen molar-refractivity contribution >= 4 is 40.5 Å². The molecule has 2 heterocycles. The number of fused-ring (bicyclic) bond motifs is 1. The summed E-state index contributed by atoms with van der Waals surface area (Å²) in [6.45, 7) is 2.09. The summed E-state index contributed by atoms with van der Waals surface area (Å²) in [5.41, 5.74) is 2.85. The van der Waals surface area contributed by atoms with Crippen LogP contribution in [0.25, 0.3) is 5.65 Å². The Labute approximate surface area is 160 Å². The van der Waals surface area contributed by atoms with Crippen molar-refractivity contribution in [3.05, 3.63) is 77.1 Å². The number of hydrogen-bond acceptors (Lipinski definition) is 5. The maximum absolute atomic E-state index is 6.04. The highest BCUT2D eigenvalue weighted by Crippen LogP contribution is 2.23. The number of benzene rings is 2. The normalized spacial score (nSPS) is 11.0. The third kappa shape index (κ3) is 3.81. The second-order valence-corrected chi connectivity index (χ2v) is 7.33. The summed E-state index contributed by atoms with van der Waals surface area (Å²) < 4.78 is 1.77. The summed E-state index contributed by atoms with van der Waals surface area (Å²) >= 11 is 7.75. The van der Waals surface area contributed by atoms with Crippen LogP contribution in [0.3, 0.4) is 0 Å². The summed E-state index contributed by atoms with van der Waals surface area (Å²) in [7, 11) is 0. The van der Waals surface area contributed by atoms with E-state index < -0.39 is 0 Å². The van der Waals surface area contributed by atoms with Gasteiger partial charge < -0.3 is 5.32 Å². The Morgan fingerprint density at radius 3 is 2.77 bits per heavy atom. The molecule has 1 N–H and O–H groups in total. The molecule has 7 heteroatoms. The zero-order valence-electron chi connectivity index (χ0n) is 14.1. The van der Waals surface area contributed by atoms with Gasteiger partial charge in [-0.05, 0) is 49.4 Å². The highest BCUT2D eigenvalue weighted by molar-refractivity contribution is 7.98. The molecule has 2 aromatic carbocycles. The Hall–Kier alpha value is -2.57. The highest BCUT2D eigenvalue weighted by Gasteiger charge is 2.09. The van der Waals surface area contributed by atoms with Crippen molar-refractivity contribution in [3.63, 3.8) is 0 Å². The smallest absolute Gasteiger partial charge is 0.178 e. The van der Waals surface area contributed by atoms with E-state index in [-0.39, 0.29) is 0 Å². The molecule has 0 bridgehead atoms. The number of halogens is 1. The van der Waals surface area contributed by atoms with Crippen LogP contribution < -0.4 is 5.32 Å². The molecular weight excluding hydrogens is 366 g/mol. The van der Waals surface area contributed by atoms with E-state index in [0.29, 0.717) is 16.6 Å². The maximum Gasteiger partial charge on any atom is 0.178 e. The van der Waals surface area contributed by atoms with Crippen molar-refractivity contribution < 1.29 is 0 Å². The molecule has 0 amide bonds. The predicted octanol–water partition coefficient (Wildman–Crippen LogP) is 5.12. The Balaban J connectivity index is 1.56. The number of aromatic nitrogens is 4. The average Bonchev–Trinajstić information content (AvgIpc) is 3.02. The fraction of sp³-hybridized carbons (Fsp3) is 0.105. The standard InChI is InChI=1S/C19H16ClN5S/c1-13-4-2-7-16(10-13)26-12-19-23-22-18-9-8-17(24-25(18)19)21-15-6-3-5-14(20)11-15/h2-11H,12H2,1H3,(H,21,24). The van der Waals surface area contributed by atoms with Crippen LogP contribution in [0, 0.1) is 6.92 Å². The molecule has 0 radical (unpaired) electrons. The molecule has 4 rings (SSSR count). The van der Waals surface area contributed by atoms with Crippen LogP contribution in [-0.4, -0.2) is 19.8 Å². The number of anilines is 2. The Bertz CT molecular complexity index is 1060. The van der Waals surface area contributed by atoms with Crippen LogP contribution in [0.15, 0.2) is 65.6 Å². The van der Waals surface area contributed by atoms with Crippen molar-refractivity contribution in [1.82, 2.24) is 19.8 Å². The molecule has 26 heavy (non-hydrogen) atoms. The van der Waals surface area contributed by atoms with Crippen molar-refractivity contribution in [2.24, 2.45) is 0 Å². The molecule has 0 spiro atoms. The van der Waals surface area contributed by atoms with Gasteiger partial charge in [-0.25, -0.2) is 0 Å². The lowest BCUT2D eigenvalue weighted by atomic mass is 10.2. The van der Waals surface area contributed by atoms with Crippen LogP contribution in [0.4, 0.5) is 11.5 Å². The lowest BCUT2D eigenvalue weighted by Crippen LogP contribution is -2.02. The lowest BCUT2D eigenvalue weighted by Gasteiger charge is -2.07. The highest BCUT2D eigenvalue weighted by atomic mass is 35.5. The van der Waals surface area contributed by atoms with E-state index in [1.54, 1.807) is 16.3 Å². The van der Waals surface area contributed by atoms with Gasteiger partial charge in [0.2, 0.25) is 0 Å². The van der Waals surface area contributed by atoms with E-state index >= 15 is 0 Å². The Morgan fingerprint density at radius 1 is 1.04 bits per heavy atom. The first-order valence-corrected chi connectivity index (χ1v) is 9.47. The number of thioether (sulfide) groups is 1. The van der Waals surface area contributed by atoms with Gasteiger partial charge in [-0.15, -0.1) is 27.1 Å². The summed E-state index contributed by atoms with van der Waals surface area (Å²) in [6, 6.07) is 19.7. The van der Waals surface area contributed by atoms with Gasteiger partial charge in [0.1, 0.15) is 0 Å². The molecule has 0 atom stereocenters. The second kappa shape index (κ2) is 7.35. The first kappa shape index (κ1) is 16.9. The first-order chi connectivity index (χ1) is 12.7. The van der Waals surface area contributed by atoms with E-state index in [1.807, 2.05) is 36.4 Å². The van der Waals surface area contributed by atoms with E-state index in [0.717, 1.165) is 17.2 Å². The zero-order valence-corrected chi connectivity index (χ0v) is 15.6. The molecule has 0 aliphatic rings. The summed E-state index contributed by atoms with van der Waals surface area (Å²) in [6.07, 6.45) is 0. The fourth-order valence-electron chi connectivity index (χ4n) is 2.56. The van der Waals surface area contributed by atoms with Crippen molar-refractivity contribution in [3.8, 4) is 0 Å². The van der Waals surface area contributed by atoms with Gasteiger partial charge in [0.05, 0.1) is 5.75 Å². The molecule has 4 aromatic rings. The van der Waals surface area contributed by atoms with E-state index in [1.165, 1.54) is 10.5 Å². The van der Waals surface area contributed by atoms with Gasteiger partial charge in [-0.2, -0.15) is 4.52 Å². The van der Waals surface area contributed by atoms with Gasteiger partial charge in [0.15, 0.2) is 17.3 Å². The SMILES string of the molecule is Cc1cccc(SCc2nnc3ccc(Nc4cccc(Cl)c4)nn23)c1. The maximum atomic E-state index is 6.04. The summed E-state index contributed by atoms with van der Waals surface area (Å²) in [5, 5.41) is 17.0. The molecule has 5 nitrogen and oxygen atoms in total. The minimum Gasteiger partial charge on any atom is -0.339 e. The average molecular weight is 382 g/mol. The largest absolute Gasteiger partial charge is 0.339 e. The minimum atomic E-state index is 0.676. The van der Waals surface area contributed by atoms with Crippen LogP contribution in [-0.2, 0) is 5.75 Å². The third-order valence-electron chi connectivity index (χ3n) is 3.78. The van der Waals surface area contributed by atoms with Crippen molar-refractivity contribution in [2.45, 2.75) is 17.6 Å². The number of nitrogens with one attached hydrogen (secondary N) is 1. The second-order valence-electron chi connectivity index (χ2n) is 5.85. The molecule has 2 aromatic heterocycles. The topological polar surface area (TPSA) is 55.1 Å². The molecule has 0 saturated carbocycles. The molecule has 0 aliphatic carbocycles. The number of nitrogens with zero attached hydrogens (tertiary/aromatic N) is 4. The monoisotopic (exact) mass is 381 g/mol. The predicted molar refractivity (Wildman–Crippen MR) is 106 cm³/mol. The fourth-order valence-corrected chi connectivity index (χ4v) is 3.67. The van der Waals surface area contributed by atoms with Gasteiger partial charge in [-0.3, -0.25) is 0 Å². The molecular formula is C19H16ClN5S. The number of aryl methyl sites for hydroxylation is 1. The summed E-state index contributed by atoms with van der Waals surface area (Å²) in [4.78, 5) is 1.20. The van der Waals surface area contributed by atoms with Crippen LogP contribution in [0.2, 0.25) is 5.02 Å².